The van der Waals surface area contributed by atoms with Gasteiger partial charge in [0.2, 0.25) is 0 Å². The van der Waals surface area contributed by atoms with Gasteiger partial charge in [-0.05, 0) is 37.8 Å². The SMILES string of the molecule is O=C(NCC1COCCO1)Nc1ccccc1OC1CCCC1. The Labute approximate surface area is 136 Å². The van der Waals surface area contributed by atoms with Crippen molar-refractivity contribution in [3.05, 3.63) is 24.3 Å². The van der Waals surface area contributed by atoms with Gasteiger partial charge in [0.15, 0.2) is 0 Å². The Morgan fingerprint density at radius 1 is 1.22 bits per heavy atom. The van der Waals surface area contributed by atoms with Gasteiger partial charge in [-0.1, -0.05) is 12.1 Å². The minimum Gasteiger partial charge on any atom is -0.488 e. The second-order valence-corrected chi connectivity index (χ2v) is 5.92. The molecule has 126 valence electrons. The summed E-state index contributed by atoms with van der Waals surface area (Å²) in [5.74, 6) is 0.729. The summed E-state index contributed by atoms with van der Waals surface area (Å²) in [6, 6.07) is 7.29. The van der Waals surface area contributed by atoms with Gasteiger partial charge < -0.3 is 24.8 Å². The van der Waals surface area contributed by atoms with Crippen LogP contribution in [-0.4, -0.2) is 44.6 Å². The van der Waals surface area contributed by atoms with Crippen molar-refractivity contribution in [3.63, 3.8) is 0 Å². The normalized spacial score (nSPS) is 21.8. The highest BCUT2D eigenvalue weighted by molar-refractivity contribution is 5.90. The summed E-state index contributed by atoms with van der Waals surface area (Å²) in [6.45, 7) is 2.14. The second kappa shape index (κ2) is 8.17. The summed E-state index contributed by atoms with van der Waals surface area (Å²) >= 11 is 0. The molecule has 1 heterocycles. The number of anilines is 1. The highest BCUT2D eigenvalue weighted by Gasteiger charge is 2.19. The number of nitrogens with one attached hydrogen (secondary N) is 2. The number of carbonyl (C=O) groups is 1. The highest BCUT2D eigenvalue weighted by Crippen LogP contribution is 2.29. The van der Waals surface area contributed by atoms with Crippen molar-refractivity contribution in [1.29, 1.82) is 0 Å². The van der Waals surface area contributed by atoms with E-state index in [2.05, 4.69) is 10.6 Å². The average molecular weight is 320 g/mol. The van der Waals surface area contributed by atoms with Crippen LogP contribution in [0.5, 0.6) is 5.75 Å². The van der Waals surface area contributed by atoms with Crippen molar-refractivity contribution in [3.8, 4) is 5.75 Å². The van der Waals surface area contributed by atoms with E-state index in [1.54, 1.807) is 0 Å². The Morgan fingerprint density at radius 2 is 2.04 bits per heavy atom. The Kier molecular flexibility index (Phi) is 5.71. The van der Waals surface area contributed by atoms with Gasteiger partial charge in [0.1, 0.15) is 5.75 Å². The number of urea groups is 1. The zero-order valence-corrected chi connectivity index (χ0v) is 13.3. The van der Waals surface area contributed by atoms with Crippen LogP contribution in [0.3, 0.4) is 0 Å². The summed E-state index contributed by atoms with van der Waals surface area (Å²) in [5.41, 5.74) is 0.692. The number of amides is 2. The first kappa shape index (κ1) is 16.1. The molecule has 3 rings (SSSR count). The lowest BCUT2D eigenvalue weighted by atomic mass is 10.2. The fourth-order valence-electron chi connectivity index (χ4n) is 2.89. The van der Waals surface area contributed by atoms with Crippen molar-refractivity contribution in [1.82, 2.24) is 5.32 Å². The van der Waals surface area contributed by atoms with Crippen LogP contribution in [0.25, 0.3) is 0 Å². The molecule has 6 nitrogen and oxygen atoms in total. The Bertz CT molecular complexity index is 511. The zero-order valence-electron chi connectivity index (χ0n) is 13.3. The quantitative estimate of drug-likeness (QED) is 0.875. The average Bonchev–Trinajstić information content (AvgIpc) is 3.09. The molecule has 1 atom stereocenters. The minimum atomic E-state index is -0.262. The topological polar surface area (TPSA) is 68.8 Å². The van der Waals surface area contributed by atoms with Gasteiger partial charge in [-0.15, -0.1) is 0 Å². The van der Waals surface area contributed by atoms with Crippen LogP contribution in [-0.2, 0) is 9.47 Å². The number of hydrogen-bond acceptors (Lipinski definition) is 4. The first-order valence-corrected chi connectivity index (χ1v) is 8.31. The predicted octanol–water partition coefficient (Wildman–Crippen LogP) is 2.54. The second-order valence-electron chi connectivity index (χ2n) is 5.92. The summed E-state index contributed by atoms with van der Waals surface area (Å²) in [4.78, 5) is 12.1. The van der Waals surface area contributed by atoms with Gasteiger partial charge in [-0.25, -0.2) is 4.79 Å². The lowest BCUT2D eigenvalue weighted by Crippen LogP contribution is -2.41. The number of rotatable bonds is 5. The number of ether oxygens (including phenoxy) is 3. The van der Waals surface area contributed by atoms with Crippen molar-refractivity contribution >= 4 is 11.7 Å². The Morgan fingerprint density at radius 3 is 2.83 bits per heavy atom. The number of hydrogen-bond donors (Lipinski definition) is 2. The fraction of sp³-hybridized carbons (Fsp3) is 0.588. The van der Waals surface area contributed by atoms with Gasteiger partial charge in [0.25, 0.3) is 0 Å². The Balaban J connectivity index is 1.50. The first-order chi connectivity index (χ1) is 11.3. The summed E-state index contributed by atoms with van der Waals surface area (Å²) in [5, 5.41) is 5.66. The minimum absolute atomic E-state index is 0.0838. The largest absolute Gasteiger partial charge is 0.488 e. The van der Waals surface area contributed by atoms with Crippen molar-refractivity contribution in [2.75, 3.05) is 31.7 Å². The van der Waals surface area contributed by atoms with Crippen LogP contribution in [0.15, 0.2) is 24.3 Å². The molecule has 23 heavy (non-hydrogen) atoms. The highest BCUT2D eigenvalue weighted by atomic mass is 16.6. The molecule has 0 aromatic heterocycles. The molecule has 1 aliphatic carbocycles. The number of benzene rings is 1. The van der Waals surface area contributed by atoms with Crippen LogP contribution in [0.2, 0.25) is 0 Å². The van der Waals surface area contributed by atoms with Crippen LogP contribution in [0.4, 0.5) is 10.5 Å². The lowest BCUT2D eigenvalue weighted by Gasteiger charge is -2.23. The van der Waals surface area contributed by atoms with Gasteiger partial charge >= 0.3 is 6.03 Å². The molecule has 2 amide bonds. The molecule has 2 aliphatic rings. The zero-order chi connectivity index (χ0) is 15.9. The molecule has 6 heteroatoms. The number of para-hydroxylation sites is 2. The summed E-state index contributed by atoms with van der Waals surface area (Å²) < 4.78 is 16.8. The van der Waals surface area contributed by atoms with E-state index in [4.69, 9.17) is 14.2 Å². The fourth-order valence-corrected chi connectivity index (χ4v) is 2.89. The first-order valence-electron chi connectivity index (χ1n) is 8.31. The van der Waals surface area contributed by atoms with Crippen molar-refractivity contribution in [2.45, 2.75) is 37.9 Å². The molecular formula is C17H24N2O4. The van der Waals surface area contributed by atoms with Crippen LogP contribution in [0, 0.1) is 0 Å². The third-order valence-corrected chi connectivity index (χ3v) is 4.11. The molecule has 0 radical (unpaired) electrons. The predicted molar refractivity (Wildman–Crippen MR) is 86.9 cm³/mol. The van der Waals surface area contributed by atoms with Crippen LogP contribution >= 0.6 is 0 Å². The van der Waals surface area contributed by atoms with E-state index in [1.165, 1.54) is 12.8 Å². The molecule has 1 aromatic carbocycles. The van der Waals surface area contributed by atoms with Crippen molar-refractivity contribution < 1.29 is 19.0 Å². The van der Waals surface area contributed by atoms with E-state index in [9.17, 15) is 4.79 Å². The van der Waals surface area contributed by atoms with Gasteiger partial charge in [-0.2, -0.15) is 0 Å². The molecule has 1 unspecified atom stereocenters. The van der Waals surface area contributed by atoms with E-state index in [1.807, 2.05) is 24.3 Å². The molecule has 0 spiro atoms. The molecule has 2 N–H and O–H groups in total. The van der Waals surface area contributed by atoms with Crippen molar-refractivity contribution in [2.24, 2.45) is 0 Å². The molecule has 1 aliphatic heterocycles. The third-order valence-electron chi connectivity index (χ3n) is 4.11. The maximum Gasteiger partial charge on any atom is 0.319 e. The van der Waals surface area contributed by atoms with E-state index in [0.29, 0.717) is 32.1 Å². The van der Waals surface area contributed by atoms with E-state index < -0.39 is 0 Å². The van der Waals surface area contributed by atoms with E-state index in [-0.39, 0.29) is 18.2 Å². The molecule has 1 aromatic rings. The standard InChI is InChI=1S/C17H24N2O4/c20-17(18-11-14-12-21-9-10-22-14)19-15-7-3-4-8-16(15)23-13-5-1-2-6-13/h3-4,7-8,13-14H,1-2,5-6,9-12H2,(H2,18,19,20). The molecular weight excluding hydrogens is 296 g/mol. The van der Waals surface area contributed by atoms with Crippen LogP contribution < -0.4 is 15.4 Å². The monoisotopic (exact) mass is 320 g/mol. The summed E-state index contributed by atoms with van der Waals surface area (Å²) in [7, 11) is 0. The van der Waals surface area contributed by atoms with Gasteiger partial charge in [0, 0.05) is 6.54 Å². The summed E-state index contributed by atoms with van der Waals surface area (Å²) in [6.07, 6.45) is 4.77. The molecule has 0 bridgehead atoms. The van der Waals surface area contributed by atoms with Crippen LogP contribution in [0.1, 0.15) is 25.7 Å². The maximum atomic E-state index is 12.1. The third kappa shape index (κ3) is 4.84. The molecule has 1 saturated heterocycles. The Hall–Kier alpha value is -1.79. The molecule has 2 fully saturated rings. The molecule has 1 saturated carbocycles. The number of carbonyl (C=O) groups excluding carboxylic acids is 1. The smallest absolute Gasteiger partial charge is 0.319 e. The van der Waals surface area contributed by atoms with Gasteiger partial charge in [-0.3, -0.25) is 0 Å². The lowest BCUT2D eigenvalue weighted by molar-refractivity contribution is -0.0852. The van der Waals surface area contributed by atoms with Gasteiger partial charge in [0.05, 0.1) is 37.7 Å². The van der Waals surface area contributed by atoms with E-state index in [0.717, 1.165) is 18.6 Å². The van der Waals surface area contributed by atoms with E-state index >= 15 is 0 Å². The maximum absolute atomic E-state index is 12.1.